The highest BCUT2D eigenvalue weighted by molar-refractivity contribution is 9.10. The van der Waals surface area contributed by atoms with Crippen molar-refractivity contribution in [1.29, 1.82) is 0 Å². The van der Waals surface area contributed by atoms with Crippen molar-refractivity contribution >= 4 is 51.1 Å². The molecule has 1 unspecified atom stereocenters. The monoisotopic (exact) mass is 478 g/mol. The lowest BCUT2D eigenvalue weighted by molar-refractivity contribution is -0.147. The summed E-state index contributed by atoms with van der Waals surface area (Å²) in [7, 11) is 0. The molecule has 9 heteroatoms. The first-order valence-electron chi connectivity index (χ1n) is 8.66. The van der Waals surface area contributed by atoms with Crippen LogP contribution in [-0.4, -0.2) is 41.7 Å². The van der Waals surface area contributed by atoms with E-state index in [1.165, 1.54) is 12.1 Å². The zero-order chi connectivity index (χ0) is 21.0. The first kappa shape index (κ1) is 21.0. The average Bonchev–Trinajstić information content (AvgIpc) is 3.07. The molecule has 1 N–H and O–H groups in total. The Kier molecular flexibility index (Phi) is 6.66. The number of carbonyl (C=O) groups excluding carboxylic acids is 4. The van der Waals surface area contributed by atoms with Gasteiger partial charge in [0.15, 0.2) is 12.4 Å². The van der Waals surface area contributed by atoms with Crippen molar-refractivity contribution < 1.29 is 23.9 Å². The third kappa shape index (κ3) is 5.42. The number of rotatable bonds is 6. The van der Waals surface area contributed by atoms with Gasteiger partial charge < -0.3 is 4.74 Å². The fourth-order valence-electron chi connectivity index (χ4n) is 2.74. The SMILES string of the molecule is O=C(COC(=O)C1CC(=O)N(NC(=O)c2ccc(Cl)cc2)C1)c1ccc(Br)cc1. The van der Waals surface area contributed by atoms with E-state index in [1.807, 2.05) is 0 Å². The summed E-state index contributed by atoms with van der Waals surface area (Å²) in [5, 5.41) is 1.57. The van der Waals surface area contributed by atoms with Gasteiger partial charge in [0, 0.05) is 27.0 Å². The van der Waals surface area contributed by atoms with E-state index in [0.717, 1.165) is 9.48 Å². The van der Waals surface area contributed by atoms with E-state index in [-0.39, 0.29) is 18.7 Å². The number of hydrazine groups is 1. The van der Waals surface area contributed by atoms with E-state index in [2.05, 4.69) is 21.4 Å². The summed E-state index contributed by atoms with van der Waals surface area (Å²) < 4.78 is 5.90. The van der Waals surface area contributed by atoms with Crippen LogP contribution < -0.4 is 5.43 Å². The molecule has 0 aliphatic carbocycles. The molecule has 2 aromatic rings. The number of halogens is 2. The summed E-state index contributed by atoms with van der Waals surface area (Å²) in [4.78, 5) is 48.7. The molecule has 0 radical (unpaired) electrons. The standard InChI is InChI=1S/C20H16BrClN2O5/c21-15-5-1-12(2-6-15)17(25)11-29-20(28)14-9-18(26)24(10-14)23-19(27)13-3-7-16(22)8-4-13/h1-8,14H,9-11H2,(H,23,27). The number of amides is 2. The van der Waals surface area contributed by atoms with Crippen molar-refractivity contribution in [3.63, 3.8) is 0 Å². The number of esters is 1. The summed E-state index contributed by atoms with van der Waals surface area (Å²) in [6.45, 7) is -0.439. The fraction of sp³-hybridized carbons (Fsp3) is 0.200. The highest BCUT2D eigenvalue weighted by atomic mass is 79.9. The Balaban J connectivity index is 1.51. The van der Waals surface area contributed by atoms with Gasteiger partial charge >= 0.3 is 5.97 Å². The number of benzene rings is 2. The van der Waals surface area contributed by atoms with Crippen LogP contribution in [0.25, 0.3) is 0 Å². The molecular formula is C20H16BrClN2O5. The van der Waals surface area contributed by atoms with Gasteiger partial charge in [0.25, 0.3) is 5.91 Å². The van der Waals surface area contributed by atoms with Gasteiger partial charge in [0.1, 0.15) is 0 Å². The van der Waals surface area contributed by atoms with Crippen molar-refractivity contribution in [2.45, 2.75) is 6.42 Å². The lowest BCUT2D eigenvalue weighted by Crippen LogP contribution is -2.43. The molecule has 0 saturated carbocycles. The number of ketones is 1. The van der Waals surface area contributed by atoms with Gasteiger partial charge in [-0.3, -0.25) is 29.6 Å². The first-order chi connectivity index (χ1) is 13.8. The van der Waals surface area contributed by atoms with E-state index in [4.69, 9.17) is 16.3 Å². The third-order valence-corrected chi connectivity index (χ3v) is 5.09. The Hall–Kier alpha value is -2.71. The maximum absolute atomic E-state index is 12.2. The first-order valence-corrected chi connectivity index (χ1v) is 9.83. The Bertz CT molecular complexity index is 946. The fourth-order valence-corrected chi connectivity index (χ4v) is 3.13. The number of ether oxygens (including phenoxy) is 1. The maximum Gasteiger partial charge on any atom is 0.311 e. The van der Waals surface area contributed by atoms with Gasteiger partial charge in [-0.15, -0.1) is 0 Å². The minimum atomic E-state index is -0.759. The molecule has 1 saturated heterocycles. The van der Waals surface area contributed by atoms with Crippen LogP contribution in [-0.2, 0) is 14.3 Å². The Morgan fingerprint density at radius 1 is 1.07 bits per heavy atom. The van der Waals surface area contributed by atoms with Gasteiger partial charge in [-0.25, -0.2) is 0 Å². The summed E-state index contributed by atoms with van der Waals surface area (Å²) in [6, 6.07) is 12.8. The van der Waals surface area contributed by atoms with Gasteiger partial charge in [0.2, 0.25) is 5.91 Å². The minimum absolute atomic E-state index is 0.0243. The summed E-state index contributed by atoms with van der Waals surface area (Å²) in [5.41, 5.74) is 3.21. The van der Waals surface area contributed by atoms with E-state index in [0.29, 0.717) is 16.1 Å². The molecule has 1 aliphatic rings. The van der Waals surface area contributed by atoms with Crippen LogP contribution in [0.5, 0.6) is 0 Å². The molecule has 0 aromatic heterocycles. The van der Waals surface area contributed by atoms with E-state index < -0.39 is 30.3 Å². The molecule has 2 aromatic carbocycles. The normalized spacial score (nSPS) is 15.9. The highest BCUT2D eigenvalue weighted by Crippen LogP contribution is 2.19. The molecule has 29 heavy (non-hydrogen) atoms. The van der Waals surface area contributed by atoms with Crippen LogP contribution in [0.3, 0.4) is 0 Å². The topological polar surface area (TPSA) is 92.8 Å². The molecule has 1 aliphatic heterocycles. The smallest absolute Gasteiger partial charge is 0.311 e. The molecule has 150 valence electrons. The van der Waals surface area contributed by atoms with E-state index >= 15 is 0 Å². The van der Waals surface area contributed by atoms with Gasteiger partial charge in [-0.1, -0.05) is 39.7 Å². The van der Waals surface area contributed by atoms with Crippen molar-refractivity contribution in [2.24, 2.45) is 5.92 Å². The van der Waals surface area contributed by atoms with Crippen LogP contribution in [0.4, 0.5) is 0 Å². The quantitative estimate of drug-likeness (QED) is 0.508. The summed E-state index contributed by atoms with van der Waals surface area (Å²) in [6.07, 6.45) is -0.105. The highest BCUT2D eigenvalue weighted by Gasteiger charge is 2.36. The molecular weight excluding hydrogens is 464 g/mol. The zero-order valence-electron chi connectivity index (χ0n) is 15.1. The van der Waals surface area contributed by atoms with E-state index in [1.54, 1.807) is 36.4 Å². The maximum atomic E-state index is 12.2. The number of Topliss-reactive ketones (excluding diaryl/α,β-unsaturated/α-hetero) is 1. The number of nitrogens with zero attached hydrogens (tertiary/aromatic N) is 1. The Labute approximate surface area is 180 Å². The second kappa shape index (κ2) is 9.19. The predicted octanol–water partition coefficient (Wildman–Crippen LogP) is 3.02. The van der Waals surface area contributed by atoms with Crippen molar-refractivity contribution in [3.8, 4) is 0 Å². The van der Waals surface area contributed by atoms with Crippen molar-refractivity contribution in [1.82, 2.24) is 10.4 Å². The van der Waals surface area contributed by atoms with Crippen LogP contribution in [0, 0.1) is 5.92 Å². The van der Waals surface area contributed by atoms with Crippen LogP contribution >= 0.6 is 27.5 Å². The molecule has 0 bridgehead atoms. The molecule has 1 atom stereocenters. The summed E-state index contributed by atoms with van der Waals surface area (Å²) >= 11 is 9.07. The number of hydrogen-bond donors (Lipinski definition) is 1. The second-order valence-corrected chi connectivity index (χ2v) is 7.74. The van der Waals surface area contributed by atoms with Crippen LogP contribution in [0.2, 0.25) is 5.02 Å². The lowest BCUT2D eigenvalue weighted by Gasteiger charge is -2.17. The molecule has 0 spiro atoms. The number of nitrogens with one attached hydrogen (secondary N) is 1. The van der Waals surface area contributed by atoms with Gasteiger partial charge in [-0.2, -0.15) is 0 Å². The third-order valence-electron chi connectivity index (χ3n) is 4.31. The summed E-state index contributed by atoms with van der Waals surface area (Å²) in [5.74, 6) is -2.66. The average molecular weight is 480 g/mol. The molecule has 1 heterocycles. The van der Waals surface area contributed by atoms with Gasteiger partial charge in [-0.05, 0) is 36.4 Å². The number of carbonyl (C=O) groups is 4. The van der Waals surface area contributed by atoms with Crippen molar-refractivity contribution in [2.75, 3.05) is 13.2 Å². The van der Waals surface area contributed by atoms with Crippen LogP contribution in [0.15, 0.2) is 53.0 Å². The van der Waals surface area contributed by atoms with Crippen molar-refractivity contribution in [3.05, 3.63) is 69.2 Å². The molecule has 7 nitrogen and oxygen atoms in total. The minimum Gasteiger partial charge on any atom is -0.457 e. The molecule has 2 amide bonds. The largest absolute Gasteiger partial charge is 0.457 e. The zero-order valence-corrected chi connectivity index (χ0v) is 17.4. The Morgan fingerprint density at radius 3 is 2.34 bits per heavy atom. The van der Waals surface area contributed by atoms with E-state index in [9.17, 15) is 19.2 Å². The predicted molar refractivity (Wildman–Crippen MR) is 108 cm³/mol. The van der Waals surface area contributed by atoms with Crippen LogP contribution in [0.1, 0.15) is 27.1 Å². The number of hydrogen-bond acceptors (Lipinski definition) is 5. The molecule has 1 fully saturated rings. The lowest BCUT2D eigenvalue weighted by atomic mass is 10.1. The van der Waals surface area contributed by atoms with Gasteiger partial charge in [0.05, 0.1) is 12.5 Å². The Morgan fingerprint density at radius 2 is 1.69 bits per heavy atom. The molecule has 3 rings (SSSR count). The second-order valence-electron chi connectivity index (χ2n) is 6.39.